The highest BCUT2D eigenvalue weighted by Gasteiger charge is 2.22. The molecule has 0 unspecified atom stereocenters. The topological polar surface area (TPSA) is 93.8 Å². The van der Waals surface area contributed by atoms with E-state index in [-0.39, 0.29) is 22.2 Å². The third kappa shape index (κ3) is 5.28. The number of carboxylic acid groups (broad SMARTS) is 1. The van der Waals surface area contributed by atoms with Crippen molar-refractivity contribution in [3.63, 3.8) is 0 Å². The molecule has 1 saturated carbocycles. The van der Waals surface area contributed by atoms with E-state index in [1.807, 2.05) is 12.1 Å². The lowest BCUT2D eigenvalue weighted by atomic mass is 9.88. The van der Waals surface area contributed by atoms with Crippen LogP contribution in [-0.2, 0) is 4.79 Å². The van der Waals surface area contributed by atoms with Crippen molar-refractivity contribution in [3.05, 3.63) is 67.6 Å². The van der Waals surface area contributed by atoms with E-state index in [2.05, 4.69) is 21.0 Å². The van der Waals surface area contributed by atoms with Gasteiger partial charge in [0.15, 0.2) is 6.10 Å². The summed E-state index contributed by atoms with van der Waals surface area (Å²) in [4.78, 5) is 29.2. The maximum absolute atomic E-state index is 13.4. The molecule has 0 saturated heterocycles. The Hall–Kier alpha value is -2.71. The van der Waals surface area contributed by atoms with Crippen LogP contribution in [0.1, 0.15) is 56.3 Å². The molecule has 1 aliphatic rings. The van der Waals surface area contributed by atoms with Crippen molar-refractivity contribution in [2.24, 2.45) is 5.10 Å². The second kappa shape index (κ2) is 10.1. The highest BCUT2D eigenvalue weighted by atomic mass is 79.9. The van der Waals surface area contributed by atoms with E-state index < -0.39 is 12.1 Å². The number of hydrogen-bond donors (Lipinski definition) is 1. The maximum atomic E-state index is 13.4. The summed E-state index contributed by atoms with van der Waals surface area (Å²) in [5, 5.41) is 14.3. The molecule has 1 atom stereocenters. The van der Waals surface area contributed by atoms with Gasteiger partial charge in [-0.1, -0.05) is 46.8 Å². The fraction of sp³-hybridized carbons (Fsp3) is 0.333. The minimum absolute atomic E-state index is 0.175. The van der Waals surface area contributed by atoms with Crippen molar-refractivity contribution in [1.82, 2.24) is 9.66 Å². The largest absolute Gasteiger partial charge is 0.479 e. The summed E-state index contributed by atoms with van der Waals surface area (Å²) in [6, 6.07) is 10.4. The first-order valence-corrected chi connectivity index (χ1v) is 12.0. The minimum Gasteiger partial charge on any atom is -0.479 e. The van der Waals surface area contributed by atoms with Gasteiger partial charge in [-0.2, -0.15) is 9.78 Å². The average Bonchev–Trinajstić information content (AvgIpc) is 2.80. The van der Waals surface area contributed by atoms with Gasteiger partial charge in [-0.05, 0) is 61.7 Å². The number of ether oxygens (including phenoxy) is 1. The summed E-state index contributed by atoms with van der Waals surface area (Å²) in [7, 11) is 0. The average molecular weight is 533 g/mol. The van der Waals surface area contributed by atoms with Gasteiger partial charge in [0.05, 0.1) is 22.1 Å². The van der Waals surface area contributed by atoms with E-state index in [4.69, 9.17) is 26.4 Å². The number of nitrogens with zero attached hydrogens (tertiary/aromatic N) is 3. The summed E-state index contributed by atoms with van der Waals surface area (Å²) in [6.45, 7) is 1.43. The number of carbonyl (C=O) groups is 1. The Labute approximate surface area is 204 Å². The van der Waals surface area contributed by atoms with Gasteiger partial charge in [0.1, 0.15) is 11.6 Å². The zero-order valence-electron chi connectivity index (χ0n) is 18.0. The number of hydrogen-bond acceptors (Lipinski definition) is 5. The Morgan fingerprint density at radius 2 is 2.03 bits per heavy atom. The smallest absolute Gasteiger partial charge is 0.344 e. The summed E-state index contributed by atoms with van der Waals surface area (Å²) in [5.41, 5.74) is 1.08. The SMILES string of the molecule is C[C@@H](Oc1ccc(C=Nn2c(C3CCCCC3)nc3ccc(Br)cc3c2=O)cc1Cl)C(=O)O. The molecule has 33 heavy (non-hydrogen) atoms. The molecule has 0 aliphatic heterocycles. The van der Waals surface area contributed by atoms with Crippen LogP contribution in [0.3, 0.4) is 0 Å². The highest BCUT2D eigenvalue weighted by Crippen LogP contribution is 2.32. The highest BCUT2D eigenvalue weighted by molar-refractivity contribution is 9.10. The number of rotatable bonds is 6. The predicted octanol–water partition coefficient (Wildman–Crippen LogP) is 5.59. The molecule has 7 nitrogen and oxygen atoms in total. The van der Waals surface area contributed by atoms with Crippen LogP contribution in [0.5, 0.6) is 5.75 Å². The van der Waals surface area contributed by atoms with Crippen LogP contribution >= 0.6 is 27.5 Å². The molecule has 0 spiro atoms. The standard InChI is InChI=1S/C24H23BrClN3O4/c1-14(24(31)32)33-21-10-7-15(11-19(21)26)13-27-29-22(16-5-3-2-4-6-16)28-20-9-8-17(25)12-18(20)23(29)30/h7-14,16H,2-6H2,1H3,(H,31,32)/t14-/m1/s1. The van der Waals surface area contributed by atoms with Crippen LogP contribution in [-0.4, -0.2) is 33.1 Å². The molecular formula is C24H23BrClN3O4. The van der Waals surface area contributed by atoms with E-state index in [9.17, 15) is 9.59 Å². The Balaban J connectivity index is 1.72. The lowest BCUT2D eigenvalue weighted by Gasteiger charge is -2.22. The summed E-state index contributed by atoms with van der Waals surface area (Å²) < 4.78 is 7.55. The van der Waals surface area contributed by atoms with Crippen LogP contribution < -0.4 is 10.3 Å². The Morgan fingerprint density at radius 1 is 1.27 bits per heavy atom. The second-order valence-electron chi connectivity index (χ2n) is 8.12. The number of halogens is 2. The van der Waals surface area contributed by atoms with E-state index in [0.717, 1.165) is 30.2 Å². The molecule has 0 radical (unpaired) electrons. The quantitative estimate of drug-likeness (QED) is 0.417. The third-order valence-electron chi connectivity index (χ3n) is 5.73. The normalized spacial score (nSPS) is 15.7. The lowest BCUT2D eigenvalue weighted by Crippen LogP contribution is -2.25. The van der Waals surface area contributed by atoms with Crippen molar-refractivity contribution in [2.75, 3.05) is 0 Å². The Bertz CT molecular complexity index is 1280. The van der Waals surface area contributed by atoms with Crippen LogP contribution in [0, 0.1) is 0 Å². The van der Waals surface area contributed by atoms with Crippen molar-refractivity contribution in [2.45, 2.75) is 51.0 Å². The number of aliphatic carboxylic acids is 1. The first kappa shape index (κ1) is 23.4. The molecule has 1 fully saturated rings. The van der Waals surface area contributed by atoms with Gasteiger partial charge in [-0.15, -0.1) is 0 Å². The molecule has 1 aromatic heterocycles. The van der Waals surface area contributed by atoms with Gasteiger partial charge >= 0.3 is 5.97 Å². The first-order chi connectivity index (χ1) is 15.8. The van der Waals surface area contributed by atoms with Gasteiger partial charge in [0, 0.05) is 10.4 Å². The Morgan fingerprint density at radius 3 is 2.73 bits per heavy atom. The summed E-state index contributed by atoms with van der Waals surface area (Å²) >= 11 is 9.70. The van der Waals surface area contributed by atoms with Gasteiger partial charge in [0.2, 0.25) is 0 Å². The van der Waals surface area contributed by atoms with Crippen molar-refractivity contribution >= 4 is 50.6 Å². The molecule has 1 N–H and O–H groups in total. The lowest BCUT2D eigenvalue weighted by molar-refractivity contribution is -0.144. The number of carboxylic acids is 1. The number of fused-ring (bicyclic) bond motifs is 1. The maximum Gasteiger partial charge on any atom is 0.344 e. The van der Waals surface area contributed by atoms with Crippen LogP contribution in [0.25, 0.3) is 10.9 Å². The van der Waals surface area contributed by atoms with E-state index in [0.29, 0.717) is 22.3 Å². The zero-order chi connectivity index (χ0) is 23.5. The molecule has 9 heteroatoms. The van der Waals surface area contributed by atoms with Gasteiger partial charge < -0.3 is 9.84 Å². The van der Waals surface area contributed by atoms with Crippen molar-refractivity contribution < 1.29 is 14.6 Å². The van der Waals surface area contributed by atoms with Gasteiger partial charge in [-0.3, -0.25) is 4.79 Å². The Kier molecular flexibility index (Phi) is 7.14. The van der Waals surface area contributed by atoms with E-state index in [1.165, 1.54) is 18.0 Å². The van der Waals surface area contributed by atoms with Gasteiger partial charge in [0.25, 0.3) is 5.56 Å². The molecule has 3 aromatic rings. The van der Waals surface area contributed by atoms with Crippen LogP contribution in [0.2, 0.25) is 5.02 Å². The summed E-state index contributed by atoms with van der Waals surface area (Å²) in [6.07, 6.45) is 5.88. The predicted molar refractivity (Wildman–Crippen MR) is 132 cm³/mol. The van der Waals surface area contributed by atoms with Crippen LogP contribution in [0.15, 0.2) is 50.8 Å². The van der Waals surface area contributed by atoms with E-state index >= 15 is 0 Å². The number of benzene rings is 2. The molecule has 0 amide bonds. The number of aromatic nitrogens is 2. The molecule has 4 rings (SSSR count). The fourth-order valence-corrected chi connectivity index (χ4v) is 4.56. The second-order valence-corrected chi connectivity index (χ2v) is 9.44. The monoisotopic (exact) mass is 531 g/mol. The molecule has 1 aliphatic carbocycles. The molecule has 0 bridgehead atoms. The van der Waals surface area contributed by atoms with Crippen LogP contribution in [0.4, 0.5) is 0 Å². The molecule has 1 heterocycles. The zero-order valence-corrected chi connectivity index (χ0v) is 20.3. The molecule has 172 valence electrons. The van der Waals surface area contributed by atoms with Gasteiger partial charge in [-0.25, -0.2) is 9.78 Å². The van der Waals surface area contributed by atoms with Crippen molar-refractivity contribution in [3.8, 4) is 5.75 Å². The fourth-order valence-electron chi connectivity index (χ4n) is 3.96. The minimum atomic E-state index is -1.08. The third-order valence-corrected chi connectivity index (χ3v) is 6.52. The van der Waals surface area contributed by atoms with E-state index in [1.54, 1.807) is 30.5 Å². The molecular weight excluding hydrogens is 510 g/mol. The first-order valence-electron chi connectivity index (χ1n) is 10.8. The molecule has 2 aromatic carbocycles. The summed E-state index contributed by atoms with van der Waals surface area (Å²) in [5.74, 6) is 0.0309. The van der Waals surface area contributed by atoms with Crippen molar-refractivity contribution in [1.29, 1.82) is 0 Å².